The summed E-state index contributed by atoms with van der Waals surface area (Å²) in [6, 6.07) is 13.8. The zero-order valence-corrected chi connectivity index (χ0v) is 20.4. The Bertz CT molecular complexity index is 617. The minimum Gasteiger partial charge on any atom is -0.0654 e. The molecule has 0 aliphatic heterocycles. The number of unbranched alkanes of at least 4 members (excludes halogenated alkanes) is 10. The average molecular weight is 376 g/mol. The van der Waals surface area contributed by atoms with Crippen LogP contribution in [0.25, 0.3) is 10.8 Å². The first-order valence-corrected chi connectivity index (χ1v) is 11.4. The van der Waals surface area contributed by atoms with Gasteiger partial charge in [-0.1, -0.05) is 114 Å². The van der Waals surface area contributed by atoms with Gasteiger partial charge in [0.2, 0.25) is 0 Å². The van der Waals surface area contributed by atoms with Gasteiger partial charge in [0.1, 0.15) is 0 Å². The normalized spacial score (nSPS) is 10.9. The summed E-state index contributed by atoms with van der Waals surface area (Å²) in [5.41, 5.74) is 3.26. The summed E-state index contributed by atoms with van der Waals surface area (Å²) in [4.78, 5) is 0. The van der Waals surface area contributed by atoms with Gasteiger partial charge < -0.3 is 0 Å². The van der Waals surface area contributed by atoms with Gasteiger partial charge in [0.15, 0.2) is 0 Å². The third kappa shape index (κ3) is 9.16. The van der Waals surface area contributed by atoms with Crippen LogP contribution in [0.4, 0.5) is 0 Å². The molecule has 0 bridgehead atoms. The third-order valence-corrected chi connectivity index (χ3v) is 5.72. The maximum atomic E-state index is 2.42. The molecule has 1 heteroatoms. The fourth-order valence-corrected chi connectivity index (χ4v) is 4.09. The Labute approximate surface area is 190 Å². The van der Waals surface area contributed by atoms with E-state index < -0.39 is 0 Å². The number of hydrogen-bond donors (Lipinski definition) is 0. The molecular formula is C26H40Na. The SMILES string of the molecule is CCCCCCCCc1ccc2ccccc2c1CCCCCCCC.[Na]. The summed E-state index contributed by atoms with van der Waals surface area (Å²) in [5, 5.41) is 2.92. The Morgan fingerprint density at radius 2 is 1.11 bits per heavy atom. The quantitative estimate of drug-likeness (QED) is 0.230. The number of rotatable bonds is 14. The van der Waals surface area contributed by atoms with E-state index in [1.54, 1.807) is 11.1 Å². The minimum atomic E-state index is 0. The van der Waals surface area contributed by atoms with Gasteiger partial charge in [-0.05, 0) is 47.6 Å². The number of aryl methyl sites for hydroxylation is 2. The van der Waals surface area contributed by atoms with Crippen LogP contribution in [0, 0.1) is 0 Å². The molecule has 0 fully saturated rings. The van der Waals surface area contributed by atoms with Crippen molar-refractivity contribution in [3.8, 4) is 0 Å². The molecule has 0 atom stereocenters. The van der Waals surface area contributed by atoms with Crippen LogP contribution < -0.4 is 0 Å². The first-order chi connectivity index (χ1) is 12.9. The van der Waals surface area contributed by atoms with Crippen LogP contribution in [0.3, 0.4) is 0 Å². The summed E-state index contributed by atoms with van der Waals surface area (Å²) in [6.45, 7) is 4.59. The van der Waals surface area contributed by atoms with Gasteiger partial charge in [-0.3, -0.25) is 0 Å². The molecule has 1 radical (unpaired) electrons. The molecule has 0 aromatic heterocycles. The molecule has 0 saturated carbocycles. The van der Waals surface area contributed by atoms with Crippen molar-refractivity contribution in [1.82, 2.24) is 0 Å². The minimum absolute atomic E-state index is 0. The van der Waals surface area contributed by atoms with Crippen LogP contribution in [-0.4, -0.2) is 29.6 Å². The van der Waals surface area contributed by atoms with Crippen LogP contribution >= 0.6 is 0 Å². The Morgan fingerprint density at radius 1 is 0.556 bits per heavy atom. The smallest absolute Gasteiger partial charge is 0 e. The van der Waals surface area contributed by atoms with Crippen LogP contribution in [-0.2, 0) is 12.8 Å². The van der Waals surface area contributed by atoms with E-state index in [9.17, 15) is 0 Å². The van der Waals surface area contributed by atoms with Crippen molar-refractivity contribution in [1.29, 1.82) is 0 Å². The van der Waals surface area contributed by atoms with Crippen molar-refractivity contribution in [3.05, 3.63) is 47.5 Å². The van der Waals surface area contributed by atoms with Gasteiger partial charge in [-0.2, -0.15) is 0 Å². The number of hydrogen-bond acceptors (Lipinski definition) is 0. The van der Waals surface area contributed by atoms with E-state index in [0.29, 0.717) is 0 Å². The average Bonchev–Trinajstić information content (AvgIpc) is 2.68. The molecule has 145 valence electrons. The Morgan fingerprint density at radius 3 is 1.78 bits per heavy atom. The summed E-state index contributed by atoms with van der Waals surface area (Å²) in [7, 11) is 0. The van der Waals surface area contributed by atoms with Crippen molar-refractivity contribution in [2.24, 2.45) is 0 Å². The second kappa shape index (κ2) is 15.6. The zero-order chi connectivity index (χ0) is 18.5. The van der Waals surface area contributed by atoms with Gasteiger partial charge in [0.05, 0.1) is 0 Å². The molecule has 0 spiro atoms. The zero-order valence-electron chi connectivity index (χ0n) is 18.4. The predicted molar refractivity (Wildman–Crippen MR) is 124 cm³/mol. The number of benzene rings is 2. The molecule has 0 unspecified atom stereocenters. The molecule has 2 aromatic rings. The summed E-state index contributed by atoms with van der Waals surface area (Å²) < 4.78 is 0. The fraction of sp³-hybridized carbons (Fsp3) is 0.615. The van der Waals surface area contributed by atoms with Crippen LogP contribution in [0.1, 0.15) is 102 Å². The van der Waals surface area contributed by atoms with E-state index in [1.807, 2.05) is 0 Å². The molecular weight excluding hydrogens is 335 g/mol. The Kier molecular flexibility index (Phi) is 14.3. The third-order valence-electron chi connectivity index (χ3n) is 5.72. The van der Waals surface area contributed by atoms with Gasteiger partial charge in [0, 0.05) is 29.6 Å². The van der Waals surface area contributed by atoms with Gasteiger partial charge in [-0.25, -0.2) is 0 Å². The van der Waals surface area contributed by atoms with Gasteiger partial charge in [0.25, 0.3) is 0 Å². The summed E-state index contributed by atoms with van der Waals surface area (Å²) >= 11 is 0. The predicted octanol–water partition coefficient (Wildman–Crippen LogP) is 8.27. The van der Waals surface area contributed by atoms with E-state index in [1.165, 1.54) is 101 Å². The molecule has 0 aliphatic rings. The maximum absolute atomic E-state index is 2.42. The monoisotopic (exact) mass is 375 g/mol. The van der Waals surface area contributed by atoms with Crippen molar-refractivity contribution < 1.29 is 0 Å². The number of fused-ring (bicyclic) bond motifs is 1. The van der Waals surface area contributed by atoms with E-state index >= 15 is 0 Å². The van der Waals surface area contributed by atoms with E-state index in [2.05, 4.69) is 50.2 Å². The second-order valence-corrected chi connectivity index (χ2v) is 7.96. The molecule has 0 aliphatic carbocycles. The van der Waals surface area contributed by atoms with Gasteiger partial charge in [-0.15, -0.1) is 0 Å². The van der Waals surface area contributed by atoms with Gasteiger partial charge >= 0.3 is 0 Å². The molecule has 2 aromatic carbocycles. The van der Waals surface area contributed by atoms with Crippen molar-refractivity contribution in [3.63, 3.8) is 0 Å². The molecule has 0 heterocycles. The van der Waals surface area contributed by atoms with E-state index in [0.717, 1.165) is 0 Å². The largest absolute Gasteiger partial charge is 0.0654 e. The topological polar surface area (TPSA) is 0 Å². The fourth-order valence-electron chi connectivity index (χ4n) is 4.09. The van der Waals surface area contributed by atoms with Crippen LogP contribution in [0.2, 0.25) is 0 Å². The van der Waals surface area contributed by atoms with Crippen molar-refractivity contribution >= 4 is 40.3 Å². The molecule has 0 N–H and O–H groups in total. The first kappa shape index (κ1) is 24.7. The molecule has 27 heavy (non-hydrogen) atoms. The molecule has 0 amide bonds. The van der Waals surface area contributed by atoms with Crippen molar-refractivity contribution in [2.45, 2.75) is 104 Å². The Hall–Kier alpha value is -0.300. The molecule has 0 saturated heterocycles. The van der Waals surface area contributed by atoms with E-state index in [-0.39, 0.29) is 29.6 Å². The molecule has 0 nitrogen and oxygen atoms in total. The summed E-state index contributed by atoms with van der Waals surface area (Å²) in [6.07, 6.45) is 19.1. The summed E-state index contributed by atoms with van der Waals surface area (Å²) in [5.74, 6) is 0. The first-order valence-electron chi connectivity index (χ1n) is 11.4. The van der Waals surface area contributed by atoms with Crippen LogP contribution in [0.5, 0.6) is 0 Å². The van der Waals surface area contributed by atoms with E-state index in [4.69, 9.17) is 0 Å². The maximum Gasteiger partial charge on any atom is 0 e. The van der Waals surface area contributed by atoms with Crippen LogP contribution in [0.15, 0.2) is 36.4 Å². The molecule has 2 rings (SSSR count). The second-order valence-electron chi connectivity index (χ2n) is 7.96. The van der Waals surface area contributed by atoms with Crippen molar-refractivity contribution in [2.75, 3.05) is 0 Å². The standard InChI is InChI=1S/C26H40.Na/c1-3-5-7-9-11-13-17-23-21-22-24-18-15-16-20-26(24)25(23)19-14-12-10-8-6-4-2;/h15-16,18,20-22H,3-14,17,19H2,1-2H3;. The Balaban J connectivity index is 0.00000364.